The first-order chi connectivity index (χ1) is 23.1. The predicted octanol–water partition coefficient (Wildman–Crippen LogP) is 3.43. The summed E-state index contributed by atoms with van der Waals surface area (Å²) in [5.41, 5.74) is -5.51. The number of carbonyl (C=O) groups is 6. The minimum atomic E-state index is -2.31. The van der Waals surface area contributed by atoms with Crippen molar-refractivity contribution >= 4 is 35.6 Å². The fourth-order valence-electron chi connectivity index (χ4n) is 7.52. The second-order valence-corrected chi connectivity index (χ2v) is 14.0. The highest BCUT2D eigenvalue weighted by atomic mass is 16.6. The number of aliphatic hydroxyl groups excluding tert-OH is 1. The van der Waals surface area contributed by atoms with Gasteiger partial charge in [-0.1, -0.05) is 69.8 Å². The number of benzene rings is 1. The van der Waals surface area contributed by atoms with Gasteiger partial charge in [0.25, 0.3) is 0 Å². The van der Waals surface area contributed by atoms with Gasteiger partial charge < -0.3 is 33.9 Å². The second kappa shape index (κ2) is 15.3. The summed E-state index contributed by atoms with van der Waals surface area (Å²) in [5, 5.41) is 25.4. The molecule has 0 spiro atoms. The molecule has 0 aromatic heterocycles. The molecule has 2 N–H and O–H groups in total. The Morgan fingerprint density at radius 3 is 1.80 bits per heavy atom. The zero-order valence-corrected chi connectivity index (χ0v) is 30.0. The van der Waals surface area contributed by atoms with Gasteiger partial charge in [0, 0.05) is 63.9 Å². The number of rotatable bonds is 7. The van der Waals surface area contributed by atoms with Crippen LogP contribution < -0.4 is 0 Å². The van der Waals surface area contributed by atoms with E-state index in [1.165, 1.54) is 19.1 Å². The molecule has 0 aliphatic heterocycles. The van der Waals surface area contributed by atoms with Gasteiger partial charge in [-0.3, -0.25) is 28.8 Å². The number of Topliss-reactive ketones (excluding diaryl/α,β-unsaturated/α-hetero) is 1. The summed E-state index contributed by atoms with van der Waals surface area (Å²) in [5.74, 6) is -8.73. The number of hydrogen-bond donors (Lipinski definition) is 2. The average Bonchev–Trinajstić information content (AvgIpc) is 3.23. The van der Waals surface area contributed by atoms with Crippen LogP contribution in [0, 0.1) is 23.2 Å². The number of esters is 5. The molecule has 0 amide bonds. The highest BCUT2D eigenvalue weighted by Crippen LogP contribution is 2.56. The largest absolute Gasteiger partial charge is 0.459 e. The summed E-state index contributed by atoms with van der Waals surface area (Å²) in [6.45, 7) is 16.0. The van der Waals surface area contributed by atoms with Crippen molar-refractivity contribution in [2.45, 2.75) is 110 Å². The molecule has 1 fully saturated rings. The van der Waals surface area contributed by atoms with E-state index in [-0.39, 0.29) is 11.1 Å². The average molecular weight is 701 g/mol. The summed E-state index contributed by atoms with van der Waals surface area (Å²) >= 11 is 0. The number of ether oxygens (including phenoxy) is 5. The van der Waals surface area contributed by atoms with Crippen molar-refractivity contribution in [1.29, 1.82) is 0 Å². The molecule has 0 saturated heterocycles. The first kappa shape index (κ1) is 40.1. The van der Waals surface area contributed by atoms with Crippen molar-refractivity contribution < 1.29 is 62.7 Å². The third-order valence-electron chi connectivity index (χ3n) is 9.34. The molecule has 2 unspecified atom stereocenters. The Balaban J connectivity index is 2.50. The minimum absolute atomic E-state index is 0.159. The summed E-state index contributed by atoms with van der Waals surface area (Å²) in [6.07, 6.45) is -5.43. The van der Waals surface area contributed by atoms with E-state index in [0.29, 0.717) is 0 Å². The van der Waals surface area contributed by atoms with Crippen LogP contribution in [0.4, 0.5) is 0 Å². The number of fused-ring (bicyclic) bond motifs is 1. The van der Waals surface area contributed by atoms with Gasteiger partial charge in [0.05, 0.1) is 12.0 Å². The Kier molecular flexibility index (Phi) is 12.2. The monoisotopic (exact) mass is 700 g/mol. The topological polar surface area (TPSA) is 189 Å². The Bertz CT molecular complexity index is 1530. The number of ketones is 1. The van der Waals surface area contributed by atoms with Crippen LogP contribution in [-0.2, 0) is 47.7 Å². The van der Waals surface area contributed by atoms with E-state index in [1.54, 1.807) is 51.1 Å². The maximum Gasteiger partial charge on any atom is 0.303 e. The first-order valence-corrected chi connectivity index (χ1v) is 16.3. The van der Waals surface area contributed by atoms with Gasteiger partial charge in [-0.25, -0.2) is 0 Å². The predicted molar refractivity (Wildman–Crippen MR) is 177 cm³/mol. The maximum absolute atomic E-state index is 14.5. The maximum atomic E-state index is 14.5. The zero-order chi connectivity index (χ0) is 37.9. The third kappa shape index (κ3) is 8.50. The van der Waals surface area contributed by atoms with Gasteiger partial charge in [0.1, 0.15) is 17.3 Å². The van der Waals surface area contributed by atoms with Crippen molar-refractivity contribution in [2.75, 3.05) is 0 Å². The normalized spacial score (nSPS) is 34.4. The number of aliphatic hydroxyl groups is 2. The Morgan fingerprint density at radius 1 is 0.780 bits per heavy atom. The third-order valence-corrected chi connectivity index (χ3v) is 9.34. The SMILES string of the molecule is C=C1[C@@H](O)C2[C@@H](C(=O)c3ccccc3)[C@](C)(OC(C)=O)C[C@]2(O)[C@@H](OC(C)=O)[C@@H](C)/C=C\C(C)(C)C(OC(C)=O)[C@H](OC(C)=O)[C@H]1OC(C)=O. The zero-order valence-electron chi connectivity index (χ0n) is 30.0. The fourth-order valence-corrected chi connectivity index (χ4v) is 7.52. The van der Waals surface area contributed by atoms with E-state index >= 15 is 0 Å². The summed E-state index contributed by atoms with van der Waals surface area (Å²) in [4.78, 5) is 77.5. The van der Waals surface area contributed by atoms with E-state index in [4.69, 9.17) is 23.7 Å². The van der Waals surface area contributed by atoms with Crippen molar-refractivity contribution in [3.8, 4) is 0 Å². The van der Waals surface area contributed by atoms with Gasteiger partial charge in [-0.05, 0) is 12.5 Å². The van der Waals surface area contributed by atoms with E-state index in [2.05, 4.69) is 6.58 Å². The molecular formula is C37H48O13. The van der Waals surface area contributed by atoms with Crippen LogP contribution in [0.25, 0.3) is 0 Å². The number of hydrogen-bond acceptors (Lipinski definition) is 13. The quantitative estimate of drug-likeness (QED) is 0.182. The number of carbonyl (C=O) groups excluding carboxylic acids is 6. The molecule has 2 aliphatic carbocycles. The molecule has 0 heterocycles. The standard InChI is InChI=1S/C37H48O13/c1-19-16-17-35(8,9)34(49-24(6)41)32(47-22(4)39)31(46-21(3)38)20(2)29(43)28-27(30(44)26-14-12-11-13-15-26)36(10,50-25(7)42)18-37(28,45)33(19)48-23(5)40/h11-17,19,27-29,31-34,43,45H,2,18H2,1,3-10H3/b17-16-/t19-,27-,28?,29+,31-,32+,33-,34?,36+,37+/m0/s1. The van der Waals surface area contributed by atoms with E-state index in [0.717, 1.165) is 34.6 Å². The van der Waals surface area contributed by atoms with E-state index in [1.807, 2.05) is 0 Å². The van der Waals surface area contributed by atoms with Crippen molar-refractivity contribution in [3.05, 3.63) is 60.2 Å². The lowest BCUT2D eigenvalue weighted by Gasteiger charge is -2.45. The van der Waals surface area contributed by atoms with Crippen LogP contribution in [0.3, 0.4) is 0 Å². The molecule has 3 rings (SSSR count). The molecule has 0 bridgehead atoms. The van der Waals surface area contributed by atoms with Gasteiger partial charge >= 0.3 is 29.8 Å². The molecule has 13 heteroatoms. The van der Waals surface area contributed by atoms with Crippen LogP contribution in [0.2, 0.25) is 0 Å². The van der Waals surface area contributed by atoms with E-state index < -0.39 is 107 Å². The van der Waals surface area contributed by atoms with Crippen molar-refractivity contribution in [3.63, 3.8) is 0 Å². The highest BCUT2D eigenvalue weighted by molar-refractivity contribution is 5.99. The smallest absolute Gasteiger partial charge is 0.303 e. The summed E-state index contributed by atoms with van der Waals surface area (Å²) in [6, 6.07) is 7.94. The Labute approximate surface area is 291 Å². The van der Waals surface area contributed by atoms with Gasteiger partial charge in [-0.15, -0.1) is 0 Å². The van der Waals surface area contributed by atoms with Crippen molar-refractivity contribution in [1.82, 2.24) is 0 Å². The molecule has 2 aliphatic rings. The van der Waals surface area contributed by atoms with Crippen LogP contribution in [0.1, 0.15) is 79.1 Å². The first-order valence-electron chi connectivity index (χ1n) is 16.3. The van der Waals surface area contributed by atoms with Crippen LogP contribution in [-0.4, -0.2) is 87.6 Å². The van der Waals surface area contributed by atoms with Gasteiger partial charge in [0.2, 0.25) is 0 Å². The molecule has 1 aromatic rings. The fraction of sp³-hybridized carbons (Fsp3) is 0.568. The second-order valence-electron chi connectivity index (χ2n) is 14.0. The van der Waals surface area contributed by atoms with Gasteiger partial charge in [-0.2, -0.15) is 0 Å². The minimum Gasteiger partial charge on any atom is -0.459 e. The van der Waals surface area contributed by atoms with Crippen LogP contribution >= 0.6 is 0 Å². The molecule has 10 atom stereocenters. The van der Waals surface area contributed by atoms with E-state index in [9.17, 15) is 39.0 Å². The Hall–Kier alpha value is -4.36. The van der Waals surface area contributed by atoms with Gasteiger partial charge in [0.15, 0.2) is 24.1 Å². The van der Waals surface area contributed by atoms with Crippen LogP contribution in [0.5, 0.6) is 0 Å². The lowest BCUT2D eigenvalue weighted by molar-refractivity contribution is -0.192. The molecule has 1 aromatic carbocycles. The molecule has 1 saturated carbocycles. The molecule has 0 radical (unpaired) electrons. The lowest BCUT2D eigenvalue weighted by atomic mass is 9.69. The van der Waals surface area contributed by atoms with Crippen molar-refractivity contribution in [2.24, 2.45) is 23.2 Å². The highest BCUT2D eigenvalue weighted by Gasteiger charge is 2.69. The summed E-state index contributed by atoms with van der Waals surface area (Å²) in [7, 11) is 0. The molecule has 50 heavy (non-hydrogen) atoms. The molecule has 13 nitrogen and oxygen atoms in total. The summed E-state index contributed by atoms with van der Waals surface area (Å²) < 4.78 is 28.7. The molecule has 274 valence electrons. The van der Waals surface area contributed by atoms with Crippen LogP contribution in [0.15, 0.2) is 54.6 Å². The Morgan fingerprint density at radius 2 is 1.30 bits per heavy atom. The molecular weight excluding hydrogens is 652 g/mol. The lowest BCUT2D eigenvalue weighted by Crippen LogP contribution is -2.58.